The lowest BCUT2D eigenvalue weighted by molar-refractivity contribution is 0.0474. The minimum atomic E-state index is 0.278. The molecule has 1 saturated heterocycles. The first-order valence-corrected chi connectivity index (χ1v) is 2.77. The van der Waals surface area contributed by atoms with Crippen molar-refractivity contribution in [1.82, 2.24) is 5.32 Å². The lowest BCUT2D eigenvalue weighted by Gasteiger charge is -2.03. The fourth-order valence-electron chi connectivity index (χ4n) is 0.718. The van der Waals surface area contributed by atoms with Crippen LogP contribution in [-0.4, -0.2) is 33.1 Å². The number of ether oxygens (including phenoxy) is 2. The Morgan fingerprint density at radius 1 is 1.75 bits per heavy atom. The molecule has 1 heterocycles. The molecule has 0 saturated carbocycles. The van der Waals surface area contributed by atoms with Crippen molar-refractivity contribution in [3.05, 3.63) is 0 Å². The van der Waals surface area contributed by atoms with Crippen molar-refractivity contribution in [3.8, 4) is 0 Å². The zero-order chi connectivity index (χ0) is 5.82. The van der Waals surface area contributed by atoms with Crippen LogP contribution in [0.2, 0.25) is 0 Å². The van der Waals surface area contributed by atoms with Crippen LogP contribution < -0.4 is 5.32 Å². The number of likely N-dealkylation sites (N-methyl/N-ethyl adjacent to an activating group) is 1. The molecule has 0 radical (unpaired) electrons. The predicted octanol–water partition coefficient (Wildman–Crippen LogP) is -0.421. The Kier molecular flexibility index (Phi) is 2.27. The van der Waals surface area contributed by atoms with Gasteiger partial charge in [0.25, 0.3) is 0 Å². The summed E-state index contributed by atoms with van der Waals surface area (Å²) in [7, 11) is 1.90. The van der Waals surface area contributed by atoms with Gasteiger partial charge in [-0.2, -0.15) is 0 Å². The molecule has 0 spiro atoms. The summed E-state index contributed by atoms with van der Waals surface area (Å²) in [6.07, 6.45) is 0.278. The molecule has 48 valence electrons. The van der Waals surface area contributed by atoms with Crippen molar-refractivity contribution >= 4 is 0 Å². The fourth-order valence-corrected chi connectivity index (χ4v) is 0.718. The van der Waals surface area contributed by atoms with Gasteiger partial charge in [0.05, 0.1) is 12.7 Å². The summed E-state index contributed by atoms with van der Waals surface area (Å²) in [5.41, 5.74) is 0. The second-order valence-electron chi connectivity index (χ2n) is 1.83. The van der Waals surface area contributed by atoms with Gasteiger partial charge in [0.2, 0.25) is 0 Å². The van der Waals surface area contributed by atoms with Gasteiger partial charge >= 0.3 is 0 Å². The molecule has 1 fully saturated rings. The van der Waals surface area contributed by atoms with Crippen molar-refractivity contribution < 1.29 is 9.47 Å². The lowest BCUT2D eigenvalue weighted by Crippen LogP contribution is -2.24. The van der Waals surface area contributed by atoms with E-state index in [0.717, 1.165) is 13.2 Å². The fraction of sp³-hybridized carbons (Fsp3) is 1.00. The van der Waals surface area contributed by atoms with Gasteiger partial charge in [-0.3, -0.25) is 0 Å². The van der Waals surface area contributed by atoms with E-state index in [4.69, 9.17) is 9.47 Å². The normalized spacial score (nSPS) is 28.9. The lowest BCUT2D eigenvalue weighted by atomic mass is 10.4. The molecular weight excluding hydrogens is 106 g/mol. The second-order valence-corrected chi connectivity index (χ2v) is 1.83. The number of rotatable bonds is 2. The van der Waals surface area contributed by atoms with E-state index in [1.54, 1.807) is 0 Å². The highest BCUT2D eigenvalue weighted by atomic mass is 16.7. The van der Waals surface area contributed by atoms with Crippen molar-refractivity contribution in [1.29, 1.82) is 0 Å². The molecule has 3 nitrogen and oxygen atoms in total. The van der Waals surface area contributed by atoms with Gasteiger partial charge in [-0.1, -0.05) is 0 Å². The molecule has 1 aliphatic rings. The first kappa shape index (κ1) is 6.01. The van der Waals surface area contributed by atoms with Crippen molar-refractivity contribution in [2.45, 2.75) is 6.10 Å². The first-order valence-electron chi connectivity index (χ1n) is 2.77. The first-order chi connectivity index (χ1) is 3.93. The SMILES string of the molecule is CNCC1COCO1. The van der Waals surface area contributed by atoms with Gasteiger partial charge in [-0.15, -0.1) is 0 Å². The average Bonchev–Trinajstić information content (AvgIpc) is 2.19. The Hall–Kier alpha value is -0.120. The van der Waals surface area contributed by atoms with Gasteiger partial charge in [-0.25, -0.2) is 0 Å². The quantitative estimate of drug-likeness (QED) is 0.532. The molecule has 0 aromatic carbocycles. The van der Waals surface area contributed by atoms with E-state index in [2.05, 4.69) is 5.32 Å². The molecule has 1 rings (SSSR count). The summed E-state index contributed by atoms with van der Waals surface area (Å²) in [6.45, 7) is 2.09. The van der Waals surface area contributed by atoms with Gasteiger partial charge in [0.1, 0.15) is 6.79 Å². The van der Waals surface area contributed by atoms with E-state index in [1.807, 2.05) is 7.05 Å². The summed E-state index contributed by atoms with van der Waals surface area (Å²) in [4.78, 5) is 0. The average molecular weight is 117 g/mol. The summed E-state index contributed by atoms with van der Waals surface area (Å²) >= 11 is 0. The predicted molar refractivity (Wildman–Crippen MR) is 29.6 cm³/mol. The molecular formula is C5H11NO2. The zero-order valence-corrected chi connectivity index (χ0v) is 5.02. The third-order valence-corrected chi connectivity index (χ3v) is 1.12. The molecule has 8 heavy (non-hydrogen) atoms. The van der Waals surface area contributed by atoms with Crippen LogP contribution in [0.1, 0.15) is 0 Å². The second kappa shape index (κ2) is 3.02. The highest BCUT2D eigenvalue weighted by Gasteiger charge is 2.13. The highest BCUT2D eigenvalue weighted by molar-refractivity contribution is 4.60. The Bertz CT molecular complexity index is 61.4. The maximum atomic E-state index is 5.11. The number of hydrogen-bond acceptors (Lipinski definition) is 3. The zero-order valence-electron chi connectivity index (χ0n) is 5.02. The molecule has 0 amide bonds. The molecule has 1 N–H and O–H groups in total. The maximum Gasteiger partial charge on any atom is 0.147 e. The van der Waals surface area contributed by atoms with E-state index in [-0.39, 0.29) is 6.10 Å². The standard InChI is InChI=1S/C5H11NO2/c1-6-2-5-3-7-4-8-5/h5-6H,2-4H2,1H3. The Balaban J connectivity index is 2.06. The van der Waals surface area contributed by atoms with Crippen LogP contribution in [0, 0.1) is 0 Å². The molecule has 1 aliphatic heterocycles. The third-order valence-electron chi connectivity index (χ3n) is 1.12. The van der Waals surface area contributed by atoms with Crippen LogP contribution in [0.4, 0.5) is 0 Å². The highest BCUT2D eigenvalue weighted by Crippen LogP contribution is 1.99. The number of hydrogen-bond donors (Lipinski definition) is 1. The Morgan fingerprint density at radius 3 is 3.12 bits per heavy atom. The van der Waals surface area contributed by atoms with E-state index >= 15 is 0 Å². The summed E-state index contributed by atoms with van der Waals surface area (Å²) in [6, 6.07) is 0. The summed E-state index contributed by atoms with van der Waals surface area (Å²) in [5.74, 6) is 0. The Morgan fingerprint density at radius 2 is 2.62 bits per heavy atom. The van der Waals surface area contributed by atoms with Crippen LogP contribution >= 0.6 is 0 Å². The molecule has 3 heteroatoms. The van der Waals surface area contributed by atoms with E-state index in [0.29, 0.717) is 6.79 Å². The third kappa shape index (κ3) is 1.43. The van der Waals surface area contributed by atoms with Crippen LogP contribution in [0.25, 0.3) is 0 Å². The van der Waals surface area contributed by atoms with Gasteiger partial charge in [0, 0.05) is 6.54 Å². The number of nitrogens with one attached hydrogen (secondary N) is 1. The smallest absolute Gasteiger partial charge is 0.147 e. The molecule has 1 unspecified atom stereocenters. The monoisotopic (exact) mass is 117 g/mol. The van der Waals surface area contributed by atoms with Crippen LogP contribution in [0.5, 0.6) is 0 Å². The molecule has 0 aromatic heterocycles. The van der Waals surface area contributed by atoms with Crippen molar-refractivity contribution in [2.75, 3.05) is 27.0 Å². The molecule has 1 atom stereocenters. The van der Waals surface area contributed by atoms with Gasteiger partial charge in [0.15, 0.2) is 0 Å². The van der Waals surface area contributed by atoms with Crippen LogP contribution in [0.3, 0.4) is 0 Å². The summed E-state index contributed by atoms with van der Waals surface area (Å²) < 4.78 is 10.1. The minimum Gasteiger partial charge on any atom is -0.353 e. The molecule has 0 bridgehead atoms. The minimum absolute atomic E-state index is 0.278. The maximum absolute atomic E-state index is 5.11. The molecule has 0 aliphatic carbocycles. The van der Waals surface area contributed by atoms with Crippen molar-refractivity contribution in [2.24, 2.45) is 0 Å². The Labute approximate surface area is 49.0 Å². The van der Waals surface area contributed by atoms with E-state index < -0.39 is 0 Å². The van der Waals surface area contributed by atoms with Crippen LogP contribution in [-0.2, 0) is 9.47 Å². The topological polar surface area (TPSA) is 30.5 Å². The van der Waals surface area contributed by atoms with Crippen LogP contribution in [0.15, 0.2) is 0 Å². The van der Waals surface area contributed by atoms with Gasteiger partial charge < -0.3 is 14.8 Å². The largest absolute Gasteiger partial charge is 0.353 e. The van der Waals surface area contributed by atoms with Crippen molar-refractivity contribution in [3.63, 3.8) is 0 Å². The van der Waals surface area contributed by atoms with Gasteiger partial charge in [-0.05, 0) is 7.05 Å². The molecule has 0 aromatic rings. The summed E-state index contributed by atoms with van der Waals surface area (Å²) in [5, 5.41) is 3.00. The van der Waals surface area contributed by atoms with E-state index in [1.165, 1.54) is 0 Å². The van der Waals surface area contributed by atoms with E-state index in [9.17, 15) is 0 Å².